The molecule has 0 spiro atoms. The quantitative estimate of drug-likeness (QED) is 0.760. The van der Waals surface area contributed by atoms with E-state index in [1.807, 2.05) is 29.2 Å². The molecular weight excluding hydrogens is 333 g/mol. The molecule has 3 aromatic rings. The molecule has 26 heavy (non-hydrogen) atoms. The molecule has 0 aliphatic carbocycles. The monoisotopic (exact) mass is 353 g/mol. The summed E-state index contributed by atoms with van der Waals surface area (Å²) in [6, 6.07) is 12.1. The van der Waals surface area contributed by atoms with Gasteiger partial charge in [0.05, 0.1) is 16.7 Å². The minimum Gasteiger partial charge on any atom is -0.367 e. The third kappa shape index (κ3) is 3.25. The number of rotatable bonds is 3. The van der Waals surface area contributed by atoms with Crippen molar-refractivity contribution >= 4 is 28.6 Å². The van der Waals surface area contributed by atoms with Gasteiger partial charge in [-0.25, -0.2) is 9.37 Å². The van der Waals surface area contributed by atoms with Crippen molar-refractivity contribution in [3.8, 4) is 0 Å². The van der Waals surface area contributed by atoms with E-state index in [0.717, 1.165) is 37.2 Å². The largest absolute Gasteiger partial charge is 0.367 e. The first kappa shape index (κ1) is 16.5. The van der Waals surface area contributed by atoms with Crippen LogP contribution in [0.3, 0.4) is 0 Å². The number of carbonyl (C=O) groups is 1. The molecule has 1 aliphatic heterocycles. The number of piperazine rings is 1. The number of H-pyrrole nitrogens is 1. The summed E-state index contributed by atoms with van der Waals surface area (Å²) in [6.45, 7) is 3.34. The lowest BCUT2D eigenvalue weighted by atomic mass is 10.1. The van der Waals surface area contributed by atoms with Crippen LogP contribution in [0.4, 0.5) is 16.0 Å². The third-order valence-corrected chi connectivity index (χ3v) is 4.68. The molecule has 2 aromatic carbocycles. The van der Waals surface area contributed by atoms with Gasteiger partial charge in [0.25, 0.3) is 5.91 Å². The van der Waals surface area contributed by atoms with E-state index in [1.165, 1.54) is 6.07 Å². The molecule has 1 aliphatic rings. The van der Waals surface area contributed by atoms with Crippen molar-refractivity contribution in [3.63, 3.8) is 0 Å². The first-order chi connectivity index (χ1) is 12.6. The summed E-state index contributed by atoms with van der Waals surface area (Å²) in [6.07, 6.45) is 0. The number of amides is 1. The van der Waals surface area contributed by atoms with E-state index in [-0.39, 0.29) is 11.4 Å². The zero-order valence-electron chi connectivity index (χ0n) is 14.5. The van der Waals surface area contributed by atoms with Crippen molar-refractivity contribution in [1.82, 2.24) is 14.9 Å². The number of halogens is 1. The van der Waals surface area contributed by atoms with Crippen LogP contribution in [0.1, 0.15) is 10.4 Å². The molecular formula is C19H20FN5O. The molecule has 134 valence electrons. The summed E-state index contributed by atoms with van der Waals surface area (Å²) in [7, 11) is 2.05. The minimum absolute atomic E-state index is 0.265. The summed E-state index contributed by atoms with van der Waals surface area (Å²) in [5.41, 5.74) is 2.40. The zero-order valence-corrected chi connectivity index (χ0v) is 14.5. The molecule has 1 amide bonds. The number of carbonyl (C=O) groups excluding carboxylic acids is 1. The number of hydrogen-bond acceptors (Lipinski definition) is 4. The van der Waals surface area contributed by atoms with Crippen LogP contribution in [0.25, 0.3) is 11.0 Å². The molecule has 4 rings (SSSR count). The number of likely N-dealkylation sites (N-methyl/N-ethyl adjacent to an activating group) is 1. The fourth-order valence-electron chi connectivity index (χ4n) is 3.14. The third-order valence-electron chi connectivity index (χ3n) is 4.68. The summed E-state index contributed by atoms with van der Waals surface area (Å²) in [5.74, 6) is -0.431. The maximum absolute atomic E-state index is 14.5. The van der Waals surface area contributed by atoms with Gasteiger partial charge in [-0.05, 0) is 37.4 Å². The second kappa shape index (κ2) is 6.76. The van der Waals surface area contributed by atoms with Gasteiger partial charge in [-0.1, -0.05) is 12.1 Å². The second-order valence-electron chi connectivity index (χ2n) is 6.51. The maximum atomic E-state index is 14.5. The first-order valence-electron chi connectivity index (χ1n) is 8.59. The van der Waals surface area contributed by atoms with Crippen LogP contribution in [-0.4, -0.2) is 54.0 Å². The van der Waals surface area contributed by atoms with E-state index in [2.05, 4.69) is 27.2 Å². The number of benzene rings is 2. The Bertz CT molecular complexity index is 913. The summed E-state index contributed by atoms with van der Waals surface area (Å²) in [5, 5.41) is 2.69. The Balaban J connectivity index is 1.50. The van der Waals surface area contributed by atoms with Gasteiger partial charge in [-0.15, -0.1) is 0 Å². The normalized spacial score (nSPS) is 15.4. The fourth-order valence-corrected chi connectivity index (χ4v) is 3.14. The van der Waals surface area contributed by atoms with Gasteiger partial charge in [0.15, 0.2) is 0 Å². The highest BCUT2D eigenvalue weighted by Gasteiger charge is 2.19. The Morgan fingerprint density at radius 3 is 2.65 bits per heavy atom. The molecule has 6 nitrogen and oxygen atoms in total. The van der Waals surface area contributed by atoms with Crippen LogP contribution in [0.5, 0.6) is 0 Å². The van der Waals surface area contributed by atoms with Gasteiger partial charge in [-0.2, -0.15) is 0 Å². The number of nitrogens with one attached hydrogen (secondary N) is 2. The van der Waals surface area contributed by atoms with Crippen molar-refractivity contribution in [3.05, 3.63) is 53.8 Å². The van der Waals surface area contributed by atoms with Crippen molar-refractivity contribution in [1.29, 1.82) is 0 Å². The Labute approximate surface area is 150 Å². The van der Waals surface area contributed by atoms with Gasteiger partial charge < -0.3 is 14.8 Å². The van der Waals surface area contributed by atoms with Crippen LogP contribution in [0.2, 0.25) is 0 Å². The SMILES string of the molecule is CN1CCN(c2ccc(C(=O)Nc3nc4ccccc4[nH]3)cc2F)CC1. The zero-order chi connectivity index (χ0) is 18.1. The van der Waals surface area contributed by atoms with E-state index in [1.54, 1.807) is 12.1 Å². The lowest BCUT2D eigenvalue weighted by Gasteiger charge is -2.34. The van der Waals surface area contributed by atoms with Crippen LogP contribution in [0, 0.1) is 5.82 Å². The standard InChI is InChI=1S/C19H20FN5O/c1-24-8-10-25(11-9-24)17-7-6-13(12-14(17)20)18(26)23-19-21-15-4-2-3-5-16(15)22-19/h2-7,12H,8-11H2,1H3,(H2,21,22,23,26). The Morgan fingerprint density at radius 2 is 1.92 bits per heavy atom. The summed E-state index contributed by atoms with van der Waals surface area (Å²) >= 11 is 0. The summed E-state index contributed by atoms with van der Waals surface area (Å²) < 4.78 is 14.5. The van der Waals surface area contributed by atoms with Gasteiger partial charge in [-0.3, -0.25) is 10.1 Å². The van der Waals surface area contributed by atoms with E-state index >= 15 is 0 Å². The molecule has 0 bridgehead atoms. The highest BCUT2D eigenvalue weighted by Crippen LogP contribution is 2.22. The smallest absolute Gasteiger partial charge is 0.258 e. The number of anilines is 2. The molecule has 2 heterocycles. The number of aromatic amines is 1. The number of aromatic nitrogens is 2. The van der Waals surface area contributed by atoms with Gasteiger partial charge in [0.2, 0.25) is 5.95 Å². The Kier molecular flexibility index (Phi) is 4.30. The van der Waals surface area contributed by atoms with Crippen LogP contribution >= 0.6 is 0 Å². The Hall–Kier alpha value is -2.93. The van der Waals surface area contributed by atoms with Crippen molar-refractivity contribution < 1.29 is 9.18 Å². The molecule has 2 N–H and O–H groups in total. The van der Waals surface area contributed by atoms with E-state index in [0.29, 0.717) is 11.6 Å². The predicted octanol–water partition coefficient (Wildman–Crippen LogP) is 2.71. The average Bonchev–Trinajstić information content (AvgIpc) is 3.04. The lowest BCUT2D eigenvalue weighted by Crippen LogP contribution is -2.44. The van der Waals surface area contributed by atoms with E-state index in [9.17, 15) is 9.18 Å². The number of fused-ring (bicyclic) bond motifs is 1. The molecule has 1 fully saturated rings. The highest BCUT2D eigenvalue weighted by atomic mass is 19.1. The number of hydrogen-bond donors (Lipinski definition) is 2. The molecule has 0 saturated carbocycles. The van der Waals surface area contributed by atoms with Crippen LogP contribution < -0.4 is 10.2 Å². The molecule has 0 radical (unpaired) electrons. The van der Waals surface area contributed by atoms with Gasteiger partial charge in [0, 0.05) is 31.7 Å². The van der Waals surface area contributed by atoms with Crippen molar-refractivity contribution in [2.45, 2.75) is 0 Å². The van der Waals surface area contributed by atoms with Crippen LogP contribution in [-0.2, 0) is 0 Å². The van der Waals surface area contributed by atoms with Crippen LogP contribution in [0.15, 0.2) is 42.5 Å². The first-order valence-corrected chi connectivity index (χ1v) is 8.59. The van der Waals surface area contributed by atoms with E-state index < -0.39 is 5.91 Å². The van der Waals surface area contributed by atoms with Crippen molar-refractivity contribution in [2.24, 2.45) is 0 Å². The highest BCUT2D eigenvalue weighted by molar-refractivity contribution is 6.04. The molecule has 0 atom stereocenters. The van der Waals surface area contributed by atoms with E-state index in [4.69, 9.17) is 0 Å². The average molecular weight is 353 g/mol. The molecule has 1 aromatic heterocycles. The number of para-hydroxylation sites is 2. The van der Waals surface area contributed by atoms with Gasteiger partial charge in [0.1, 0.15) is 5.82 Å². The fraction of sp³-hybridized carbons (Fsp3) is 0.263. The molecule has 1 saturated heterocycles. The maximum Gasteiger partial charge on any atom is 0.258 e. The lowest BCUT2D eigenvalue weighted by molar-refractivity contribution is 0.102. The number of imidazole rings is 1. The molecule has 0 unspecified atom stereocenters. The number of nitrogens with zero attached hydrogens (tertiary/aromatic N) is 3. The van der Waals surface area contributed by atoms with Gasteiger partial charge >= 0.3 is 0 Å². The van der Waals surface area contributed by atoms with Crippen molar-refractivity contribution in [2.75, 3.05) is 43.4 Å². The summed E-state index contributed by atoms with van der Waals surface area (Å²) in [4.78, 5) is 24.0. The topological polar surface area (TPSA) is 64.3 Å². The second-order valence-corrected chi connectivity index (χ2v) is 6.51. The predicted molar refractivity (Wildman–Crippen MR) is 100 cm³/mol. The minimum atomic E-state index is -0.395. The molecule has 7 heteroatoms. The Morgan fingerprint density at radius 1 is 1.15 bits per heavy atom.